The second-order valence-corrected chi connectivity index (χ2v) is 7.75. The van der Waals surface area contributed by atoms with Crippen molar-refractivity contribution < 1.29 is 9.53 Å². The fraction of sp³-hybridized carbons (Fsp3) is 0.409. The Bertz CT molecular complexity index is 1000. The lowest BCUT2D eigenvalue weighted by Gasteiger charge is -2.35. The molecule has 8 nitrogen and oxygen atoms in total. The fourth-order valence-electron chi connectivity index (χ4n) is 4.19. The highest BCUT2D eigenvalue weighted by molar-refractivity contribution is 5.89. The van der Waals surface area contributed by atoms with E-state index in [0.29, 0.717) is 19.5 Å². The summed E-state index contributed by atoms with van der Waals surface area (Å²) >= 11 is 0. The molecule has 0 aliphatic carbocycles. The smallest absolute Gasteiger partial charge is 0.227 e. The molecule has 0 saturated carbocycles. The van der Waals surface area contributed by atoms with Crippen LogP contribution >= 0.6 is 0 Å². The van der Waals surface area contributed by atoms with Crippen molar-refractivity contribution in [1.82, 2.24) is 20.1 Å². The summed E-state index contributed by atoms with van der Waals surface area (Å²) in [7, 11) is 0. The normalized spacial score (nSPS) is 17.5. The van der Waals surface area contributed by atoms with Gasteiger partial charge in [-0.3, -0.25) is 4.79 Å². The number of amides is 1. The summed E-state index contributed by atoms with van der Waals surface area (Å²) < 4.78 is 5.39. The fourth-order valence-corrected chi connectivity index (χ4v) is 4.19. The standard InChI is InChI=1S/C22H26N6O2/c29-22(15-17-16-23-19-4-2-1-3-18(17)19)28-9-7-26(8-10-28)20-5-6-21(25-24-20)27-11-13-30-14-12-27/h1-6,16,23H,7-15H2. The molecule has 30 heavy (non-hydrogen) atoms. The number of rotatable bonds is 4. The van der Waals surface area contributed by atoms with Gasteiger partial charge in [0.1, 0.15) is 0 Å². The molecule has 0 bridgehead atoms. The molecule has 8 heteroatoms. The number of aromatic nitrogens is 3. The average molecular weight is 406 g/mol. The first-order valence-electron chi connectivity index (χ1n) is 10.5. The summed E-state index contributed by atoms with van der Waals surface area (Å²) in [5, 5.41) is 9.96. The largest absolute Gasteiger partial charge is 0.378 e. The van der Waals surface area contributed by atoms with Crippen molar-refractivity contribution in [2.75, 3.05) is 62.3 Å². The lowest BCUT2D eigenvalue weighted by Crippen LogP contribution is -2.49. The van der Waals surface area contributed by atoms with E-state index in [-0.39, 0.29) is 5.91 Å². The third-order valence-electron chi connectivity index (χ3n) is 5.94. The van der Waals surface area contributed by atoms with Gasteiger partial charge in [-0.05, 0) is 23.8 Å². The number of ether oxygens (including phenoxy) is 1. The first-order valence-corrected chi connectivity index (χ1v) is 10.5. The van der Waals surface area contributed by atoms with Gasteiger partial charge in [-0.1, -0.05) is 18.2 Å². The molecule has 1 aromatic carbocycles. The van der Waals surface area contributed by atoms with E-state index in [2.05, 4.69) is 31.0 Å². The minimum absolute atomic E-state index is 0.174. The van der Waals surface area contributed by atoms with E-state index < -0.39 is 0 Å². The molecule has 156 valence electrons. The number of piperazine rings is 1. The van der Waals surface area contributed by atoms with E-state index >= 15 is 0 Å². The molecular weight excluding hydrogens is 380 g/mol. The Morgan fingerprint density at radius 3 is 2.27 bits per heavy atom. The van der Waals surface area contributed by atoms with Crippen LogP contribution in [0.5, 0.6) is 0 Å². The predicted octanol–water partition coefficient (Wildman–Crippen LogP) is 1.69. The van der Waals surface area contributed by atoms with Gasteiger partial charge < -0.3 is 24.4 Å². The number of para-hydroxylation sites is 1. The van der Waals surface area contributed by atoms with Gasteiger partial charge in [0, 0.05) is 56.4 Å². The Morgan fingerprint density at radius 2 is 1.57 bits per heavy atom. The Kier molecular flexibility index (Phi) is 5.23. The van der Waals surface area contributed by atoms with E-state index in [1.807, 2.05) is 41.4 Å². The Morgan fingerprint density at radius 1 is 0.900 bits per heavy atom. The van der Waals surface area contributed by atoms with Crippen LogP contribution in [-0.2, 0) is 16.0 Å². The van der Waals surface area contributed by atoms with E-state index in [0.717, 1.165) is 67.5 Å². The Hall–Kier alpha value is -3.13. The van der Waals surface area contributed by atoms with Crippen LogP contribution in [0.2, 0.25) is 0 Å². The van der Waals surface area contributed by atoms with Crippen LogP contribution < -0.4 is 9.80 Å². The number of carbonyl (C=O) groups is 1. The zero-order chi connectivity index (χ0) is 20.3. The van der Waals surface area contributed by atoms with E-state index in [9.17, 15) is 4.79 Å². The Labute approximate surface area is 175 Å². The maximum absolute atomic E-state index is 12.8. The molecule has 2 fully saturated rings. The molecule has 0 spiro atoms. The molecule has 2 aliphatic rings. The van der Waals surface area contributed by atoms with Crippen molar-refractivity contribution in [2.45, 2.75) is 6.42 Å². The second-order valence-electron chi connectivity index (χ2n) is 7.75. The summed E-state index contributed by atoms with van der Waals surface area (Å²) in [5.74, 6) is 1.94. The molecule has 0 unspecified atom stereocenters. The van der Waals surface area contributed by atoms with Crippen LogP contribution in [0.25, 0.3) is 10.9 Å². The number of benzene rings is 1. The number of anilines is 2. The van der Waals surface area contributed by atoms with Crippen LogP contribution in [0.4, 0.5) is 11.6 Å². The van der Waals surface area contributed by atoms with Crippen LogP contribution in [0.1, 0.15) is 5.56 Å². The van der Waals surface area contributed by atoms with Crippen LogP contribution in [-0.4, -0.2) is 78.5 Å². The summed E-state index contributed by atoms with van der Waals surface area (Å²) in [6.45, 7) is 6.12. The minimum atomic E-state index is 0.174. The number of nitrogens with one attached hydrogen (secondary N) is 1. The van der Waals surface area contributed by atoms with E-state index in [4.69, 9.17) is 4.74 Å². The molecule has 4 heterocycles. The first kappa shape index (κ1) is 18.9. The summed E-state index contributed by atoms with van der Waals surface area (Å²) in [6.07, 6.45) is 2.38. The number of hydrogen-bond donors (Lipinski definition) is 1. The number of fused-ring (bicyclic) bond motifs is 1. The predicted molar refractivity (Wildman–Crippen MR) is 116 cm³/mol. The molecule has 5 rings (SSSR count). The van der Waals surface area contributed by atoms with Gasteiger partial charge in [-0.25, -0.2) is 0 Å². The number of H-pyrrole nitrogens is 1. The van der Waals surface area contributed by atoms with Crippen molar-refractivity contribution in [2.24, 2.45) is 0 Å². The minimum Gasteiger partial charge on any atom is -0.378 e. The summed E-state index contributed by atoms with van der Waals surface area (Å²) in [6, 6.07) is 12.2. The van der Waals surface area contributed by atoms with Gasteiger partial charge >= 0.3 is 0 Å². The van der Waals surface area contributed by atoms with Gasteiger partial charge in [0.05, 0.1) is 19.6 Å². The highest BCUT2D eigenvalue weighted by atomic mass is 16.5. The summed E-state index contributed by atoms with van der Waals surface area (Å²) in [4.78, 5) is 22.4. The number of aromatic amines is 1. The van der Waals surface area contributed by atoms with Crippen molar-refractivity contribution in [3.05, 3.63) is 48.2 Å². The maximum atomic E-state index is 12.8. The molecule has 0 radical (unpaired) electrons. The molecule has 1 amide bonds. The van der Waals surface area contributed by atoms with Crippen LogP contribution in [0.3, 0.4) is 0 Å². The molecule has 2 saturated heterocycles. The SMILES string of the molecule is O=C(Cc1c[nH]c2ccccc12)N1CCN(c2ccc(N3CCOCC3)nn2)CC1. The number of hydrogen-bond acceptors (Lipinski definition) is 6. The number of carbonyl (C=O) groups excluding carboxylic acids is 1. The van der Waals surface area contributed by atoms with E-state index in [1.54, 1.807) is 0 Å². The highest BCUT2D eigenvalue weighted by Gasteiger charge is 2.23. The van der Waals surface area contributed by atoms with Gasteiger partial charge in [0.25, 0.3) is 0 Å². The van der Waals surface area contributed by atoms with Crippen molar-refractivity contribution in [1.29, 1.82) is 0 Å². The average Bonchev–Trinajstić information content (AvgIpc) is 3.23. The quantitative estimate of drug-likeness (QED) is 0.711. The highest BCUT2D eigenvalue weighted by Crippen LogP contribution is 2.20. The summed E-state index contributed by atoms with van der Waals surface area (Å²) in [5.41, 5.74) is 2.13. The van der Waals surface area contributed by atoms with Crippen molar-refractivity contribution in [3.8, 4) is 0 Å². The maximum Gasteiger partial charge on any atom is 0.227 e. The van der Waals surface area contributed by atoms with Gasteiger partial charge in [-0.15, -0.1) is 10.2 Å². The van der Waals surface area contributed by atoms with Crippen LogP contribution in [0, 0.1) is 0 Å². The molecule has 1 N–H and O–H groups in total. The molecule has 0 atom stereocenters. The molecule has 2 aliphatic heterocycles. The zero-order valence-electron chi connectivity index (χ0n) is 17.0. The lowest BCUT2D eigenvalue weighted by molar-refractivity contribution is -0.130. The van der Waals surface area contributed by atoms with Crippen molar-refractivity contribution >= 4 is 28.4 Å². The van der Waals surface area contributed by atoms with Gasteiger partial charge in [0.15, 0.2) is 11.6 Å². The first-order chi connectivity index (χ1) is 14.8. The molecule has 2 aromatic heterocycles. The molecular formula is C22H26N6O2. The topological polar surface area (TPSA) is 77.6 Å². The van der Waals surface area contributed by atoms with Crippen LogP contribution in [0.15, 0.2) is 42.6 Å². The molecule has 3 aromatic rings. The third-order valence-corrected chi connectivity index (χ3v) is 5.94. The zero-order valence-corrected chi connectivity index (χ0v) is 17.0. The van der Waals surface area contributed by atoms with Gasteiger partial charge in [-0.2, -0.15) is 0 Å². The van der Waals surface area contributed by atoms with Gasteiger partial charge in [0.2, 0.25) is 5.91 Å². The monoisotopic (exact) mass is 406 g/mol. The second kappa shape index (κ2) is 8.31. The number of morpholine rings is 1. The number of nitrogens with zero attached hydrogens (tertiary/aromatic N) is 5. The van der Waals surface area contributed by atoms with Crippen molar-refractivity contribution in [3.63, 3.8) is 0 Å². The van der Waals surface area contributed by atoms with E-state index in [1.165, 1.54) is 0 Å². The lowest BCUT2D eigenvalue weighted by atomic mass is 10.1. The third kappa shape index (κ3) is 3.82. The Balaban J connectivity index is 1.17.